The second-order valence-corrected chi connectivity index (χ2v) is 9.66. The van der Waals surface area contributed by atoms with Crippen molar-refractivity contribution < 1.29 is 22.4 Å². The summed E-state index contributed by atoms with van der Waals surface area (Å²) in [5.41, 5.74) is 2.01. The van der Waals surface area contributed by atoms with Crippen LogP contribution >= 0.6 is 11.8 Å². The Bertz CT molecular complexity index is 1390. The first-order valence-electron chi connectivity index (χ1n) is 10.9. The molecule has 0 saturated carbocycles. The highest BCUT2D eigenvalue weighted by molar-refractivity contribution is 7.98. The Kier molecular flexibility index (Phi) is 5.66. The van der Waals surface area contributed by atoms with Crippen LogP contribution in [0.15, 0.2) is 64.4 Å². The van der Waals surface area contributed by atoms with Crippen molar-refractivity contribution >= 4 is 17.7 Å². The smallest absolute Gasteiger partial charge is 0.306 e. The molecule has 0 bridgehead atoms. The number of halogens is 4. The summed E-state index contributed by atoms with van der Waals surface area (Å²) in [6.45, 7) is 1.99. The predicted octanol–water partition coefficient (Wildman–Crippen LogP) is 4.99. The topological polar surface area (TPSA) is 45.6 Å². The van der Waals surface area contributed by atoms with E-state index in [4.69, 9.17) is 0 Å². The molecule has 10 heteroatoms. The van der Waals surface area contributed by atoms with E-state index in [-0.39, 0.29) is 17.9 Å². The van der Waals surface area contributed by atoms with Gasteiger partial charge in [0.05, 0.1) is 6.04 Å². The van der Waals surface area contributed by atoms with Gasteiger partial charge >= 0.3 is 6.18 Å². The summed E-state index contributed by atoms with van der Waals surface area (Å²) in [5.74, 6) is -0.729. The first-order chi connectivity index (χ1) is 16.6. The molecule has 0 aliphatic carbocycles. The molecule has 35 heavy (non-hydrogen) atoms. The number of aromatic nitrogens is 1. The molecule has 0 fully saturated rings. The van der Waals surface area contributed by atoms with E-state index < -0.39 is 35.4 Å². The number of fused-ring (bicyclic) bond motifs is 3. The Labute approximate surface area is 202 Å². The summed E-state index contributed by atoms with van der Waals surface area (Å²) in [6.07, 6.45) is -3.24. The van der Waals surface area contributed by atoms with Gasteiger partial charge in [0.25, 0.3) is 5.91 Å². The van der Waals surface area contributed by atoms with Crippen molar-refractivity contribution in [2.75, 3.05) is 11.7 Å². The molecule has 2 aliphatic heterocycles. The molecule has 1 amide bonds. The summed E-state index contributed by atoms with van der Waals surface area (Å²) >= 11 is 1.45. The second kappa shape index (κ2) is 8.44. The van der Waals surface area contributed by atoms with Crippen molar-refractivity contribution in [3.63, 3.8) is 0 Å². The molecule has 182 valence electrons. The maximum absolute atomic E-state index is 14.2. The number of nitrogens with zero attached hydrogens (tertiary/aromatic N) is 3. The van der Waals surface area contributed by atoms with E-state index in [0.29, 0.717) is 16.2 Å². The van der Waals surface area contributed by atoms with Crippen molar-refractivity contribution in [3.05, 3.63) is 98.7 Å². The third kappa shape index (κ3) is 3.89. The molecule has 0 radical (unpaired) electrons. The molecule has 1 aromatic heterocycles. The lowest BCUT2D eigenvalue weighted by atomic mass is 9.94. The number of hydrogen-bond donors (Lipinski definition) is 0. The van der Waals surface area contributed by atoms with Gasteiger partial charge in [0, 0.05) is 28.5 Å². The Morgan fingerprint density at radius 2 is 1.80 bits per heavy atom. The SMILES string of the molecule is Cc1c2n(ccc1=O)N([C@H]1c3ccccc3CSc3cc(F)ccc31)CN([C@@H](C)C(F)(F)F)C2=O. The largest absolute Gasteiger partial charge is 0.408 e. The third-order valence-corrected chi connectivity index (χ3v) is 7.72. The van der Waals surface area contributed by atoms with Gasteiger partial charge in [-0.05, 0) is 42.7 Å². The van der Waals surface area contributed by atoms with Crippen LogP contribution in [-0.2, 0) is 5.75 Å². The van der Waals surface area contributed by atoms with Crippen molar-refractivity contribution in [2.45, 2.75) is 42.8 Å². The first kappa shape index (κ1) is 23.5. The Morgan fingerprint density at radius 3 is 2.54 bits per heavy atom. The summed E-state index contributed by atoms with van der Waals surface area (Å²) in [4.78, 5) is 27.1. The lowest BCUT2D eigenvalue weighted by Crippen LogP contribution is -2.60. The number of amides is 1. The van der Waals surface area contributed by atoms with Gasteiger partial charge in [-0.25, -0.2) is 4.39 Å². The van der Waals surface area contributed by atoms with Crippen LogP contribution in [-0.4, -0.2) is 34.4 Å². The highest BCUT2D eigenvalue weighted by Crippen LogP contribution is 2.43. The van der Waals surface area contributed by atoms with Gasteiger partial charge in [-0.2, -0.15) is 13.2 Å². The van der Waals surface area contributed by atoms with E-state index >= 15 is 0 Å². The van der Waals surface area contributed by atoms with Gasteiger partial charge in [-0.1, -0.05) is 30.3 Å². The van der Waals surface area contributed by atoms with Crippen molar-refractivity contribution in [3.8, 4) is 0 Å². The van der Waals surface area contributed by atoms with Crippen LogP contribution in [0.4, 0.5) is 17.6 Å². The second-order valence-electron chi connectivity index (χ2n) is 8.64. The summed E-state index contributed by atoms with van der Waals surface area (Å²) in [6, 6.07) is 10.5. The van der Waals surface area contributed by atoms with Crippen LogP contribution < -0.4 is 10.4 Å². The van der Waals surface area contributed by atoms with Gasteiger partial charge in [0.1, 0.15) is 24.2 Å². The standard InChI is InChI=1S/C25H21F4N3O2S/c1-14-20(33)9-10-31-22(14)24(34)30(15(2)25(27,28)29)13-32(31)23-18-6-4-3-5-16(18)12-35-21-11-17(26)7-8-19(21)23/h3-11,15,23H,12-13H2,1-2H3/t15-,23-/m0/s1. The summed E-state index contributed by atoms with van der Waals surface area (Å²) < 4.78 is 57.0. The summed E-state index contributed by atoms with van der Waals surface area (Å²) in [5, 5.41) is 1.65. The number of rotatable bonds is 2. The molecule has 2 aliphatic rings. The molecule has 5 nitrogen and oxygen atoms in total. The Balaban J connectivity index is 1.78. The quantitative estimate of drug-likeness (QED) is 0.462. The van der Waals surface area contributed by atoms with E-state index in [1.165, 1.54) is 47.8 Å². The third-order valence-electron chi connectivity index (χ3n) is 6.60. The number of hydrogen-bond acceptors (Lipinski definition) is 4. The lowest BCUT2D eigenvalue weighted by Gasteiger charge is -2.46. The van der Waals surface area contributed by atoms with Crippen LogP contribution in [0.5, 0.6) is 0 Å². The number of pyridine rings is 1. The predicted molar refractivity (Wildman–Crippen MR) is 124 cm³/mol. The Morgan fingerprint density at radius 1 is 1.06 bits per heavy atom. The minimum absolute atomic E-state index is 0.0668. The molecule has 3 aromatic rings. The molecule has 3 heterocycles. The van der Waals surface area contributed by atoms with E-state index in [1.54, 1.807) is 11.1 Å². The van der Waals surface area contributed by atoms with Crippen LogP contribution in [0.25, 0.3) is 0 Å². The van der Waals surface area contributed by atoms with Gasteiger partial charge in [0.2, 0.25) is 0 Å². The maximum atomic E-state index is 14.2. The minimum atomic E-state index is -4.66. The molecule has 0 spiro atoms. The number of carbonyl (C=O) groups is 1. The van der Waals surface area contributed by atoms with Gasteiger partial charge < -0.3 is 4.90 Å². The maximum Gasteiger partial charge on any atom is 0.408 e. The molecule has 0 unspecified atom stereocenters. The zero-order valence-electron chi connectivity index (χ0n) is 18.8. The fourth-order valence-corrected chi connectivity index (χ4v) is 5.76. The number of alkyl halides is 3. The number of benzene rings is 2. The molecule has 2 atom stereocenters. The molecule has 2 aromatic carbocycles. The van der Waals surface area contributed by atoms with E-state index in [1.807, 2.05) is 24.3 Å². The highest BCUT2D eigenvalue weighted by Gasteiger charge is 2.47. The molecule has 0 saturated heterocycles. The van der Waals surface area contributed by atoms with Gasteiger partial charge in [-0.3, -0.25) is 19.3 Å². The van der Waals surface area contributed by atoms with Crippen LogP contribution in [0.2, 0.25) is 0 Å². The van der Waals surface area contributed by atoms with E-state index in [2.05, 4.69) is 0 Å². The van der Waals surface area contributed by atoms with Crippen LogP contribution in [0, 0.1) is 12.7 Å². The van der Waals surface area contributed by atoms with Gasteiger partial charge in [0.15, 0.2) is 5.43 Å². The minimum Gasteiger partial charge on any atom is -0.306 e. The first-order valence-corrected chi connectivity index (χ1v) is 11.9. The molecule has 5 rings (SSSR count). The van der Waals surface area contributed by atoms with Crippen molar-refractivity contribution in [1.82, 2.24) is 9.58 Å². The fraction of sp³-hybridized carbons (Fsp3) is 0.280. The van der Waals surface area contributed by atoms with Crippen molar-refractivity contribution in [2.24, 2.45) is 0 Å². The fourth-order valence-electron chi connectivity index (χ4n) is 4.64. The van der Waals surface area contributed by atoms with E-state index in [0.717, 1.165) is 23.0 Å². The van der Waals surface area contributed by atoms with E-state index in [9.17, 15) is 27.2 Å². The molecule has 0 N–H and O–H groups in total. The molecular weight excluding hydrogens is 482 g/mol. The number of carbonyl (C=O) groups excluding carboxylic acids is 1. The van der Waals surface area contributed by atoms with Crippen molar-refractivity contribution in [1.29, 1.82) is 0 Å². The average Bonchev–Trinajstić information content (AvgIpc) is 2.97. The number of thioether (sulfide) groups is 1. The van der Waals surface area contributed by atoms with Crippen LogP contribution in [0.3, 0.4) is 0 Å². The van der Waals surface area contributed by atoms with Gasteiger partial charge in [-0.15, -0.1) is 11.8 Å². The Hall–Kier alpha value is -3.27. The summed E-state index contributed by atoms with van der Waals surface area (Å²) in [7, 11) is 0. The average molecular weight is 504 g/mol. The lowest BCUT2D eigenvalue weighted by molar-refractivity contribution is -0.173. The normalized spacial score (nSPS) is 18.5. The monoisotopic (exact) mass is 503 g/mol. The molecular formula is C25H21F4N3O2S. The zero-order chi connectivity index (χ0) is 25.1. The zero-order valence-corrected chi connectivity index (χ0v) is 19.7. The van der Waals surface area contributed by atoms with Crippen LogP contribution in [0.1, 0.15) is 45.7 Å². The highest BCUT2D eigenvalue weighted by atomic mass is 32.2.